The second kappa shape index (κ2) is 3.74. The van der Waals surface area contributed by atoms with E-state index < -0.39 is 0 Å². The topological polar surface area (TPSA) is 46.3 Å². The van der Waals surface area contributed by atoms with Crippen molar-refractivity contribution in [3.8, 4) is 0 Å². The maximum atomic E-state index is 8.71. The molecule has 1 aromatic rings. The van der Waals surface area contributed by atoms with Crippen molar-refractivity contribution in [2.45, 2.75) is 13.3 Å². The number of aromatic nitrogens is 1. The SMILES string of the molecule is CC(CO)Cc1coc(Cl)n1. The number of aliphatic hydroxyl groups excluding tert-OH is 1. The normalized spacial score (nSPS) is 13.4. The van der Waals surface area contributed by atoms with Gasteiger partial charge in [0.1, 0.15) is 6.26 Å². The van der Waals surface area contributed by atoms with Crippen molar-refractivity contribution in [2.75, 3.05) is 6.61 Å². The highest BCUT2D eigenvalue weighted by molar-refractivity contribution is 6.27. The fourth-order valence-corrected chi connectivity index (χ4v) is 0.951. The minimum atomic E-state index is 0.157. The van der Waals surface area contributed by atoms with Crippen LogP contribution in [0.15, 0.2) is 10.7 Å². The number of oxazole rings is 1. The first-order valence-corrected chi connectivity index (χ1v) is 3.81. The van der Waals surface area contributed by atoms with E-state index in [0.717, 1.165) is 5.69 Å². The minimum absolute atomic E-state index is 0.157. The van der Waals surface area contributed by atoms with Gasteiger partial charge in [0.05, 0.1) is 5.69 Å². The van der Waals surface area contributed by atoms with Crippen LogP contribution in [0.1, 0.15) is 12.6 Å². The maximum absolute atomic E-state index is 8.71. The average Bonchev–Trinajstić information content (AvgIpc) is 2.35. The van der Waals surface area contributed by atoms with E-state index in [-0.39, 0.29) is 17.9 Å². The fourth-order valence-electron chi connectivity index (χ4n) is 0.798. The second-order valence-corrected chi connectivity index (χ2v) is 2.91. The molecule has 1 aromatic heterocycles. The van der Waals surface area contributed by atoms with Crippen molar-refractivity contribution in [1.82, 2.24) is 4.98 Å². The third-order valence-electron chi connectivity index (χ3n) is 1.39. The van der Waals surface area contributed by atoms with Crippen molar-refractivity contribution < 1.29 is 9.52 Å². The largest absolute Gasteiger partial charge is 0.436 e. The van der Waals surface area contributed by atoms with Gasteiger partial charge in [-0.2, -0.15) is 0 Å². The van der Waals surface area contributed by atoms with E-state index in [2.05, 4.69) is 4.98 Å². The Labute approximate surface area is 70.0 Å². The Bertz CT molecular complexity index is 224. The highest BCUT2D eigenvalue weighted by atomic mass is 35.5. The molecule has 1 N–H and O–H groups in total. The first-order chi connectivity index (χ1) is 5.22. The Kier molecular flexibility index (Phi) is 2.91. The quantitative estimate of drug-likeness (QED) is 0.758. The molecule has 0 aliphatic carbocycles. The lowest BCUT2D eigenvalue weighted by atomic mass is 10.1. The molecule has 1 atom stereocenters. The molecule has 1 unspecified atom stereocenters. The summed E-state index contributed by atoms with van der Waals surface area (Å²) in [6, 6.07) is 0. The van der Waals surface area contributed by atoms with Crippen molar-refractivity contribution in [1.29, 1.82) is 0 Å². The van der Waals surface area contributed by atoms with Gasteiger partial charge in [-0.25, -0.2) is 4.98 Å². The van der Waals surface area contributed by atoms with Gasteiger partial charge in [-0.05, 0) is 23.9 Å². The molecule has 0 saturated heterocycles. The summed E-state index contributed by atoms with van der Waals surface area (Å²) in [5, 5.41) is 8.87. The second-order valence-electron chi connectivity index (χ2n) is 2.58. The van der Waals surface area contributed by atoms with Crippen LogP contribution < -0.4 is 0 Å². The lowest BCUT2D eigenvalue weighted by Crippen LogP contribution is -2.04. The Morgan fingerprint density at radius 3 is 3.00 bits per heavy atom. The summed E-state index contributed by atoms with van der Waals surface area (Å²) in [4.78, 5) is 3.89. The molecule has 0 amide bonds. The zero-order valence-corrected chi connectivity index (χ0v) is 7.01. The summed E-state index contributed by atoms with van der Waals surface area (Å²) in [6.45, 7) is 2.09. The third kappa shape index (κ3) is 2.52. The van der Waals surface area contributed by atoms with E-state index in [1.165, 1.54) is 6.26 Å². The van der Waals surface area contributed by atoms with Crippen LogP contribution in [0.5, 0.6) is 0 Å². The zero-order chi connectivity index (χ0) is 8.27. The van der Waals surface area contributed by atoms with Gasteiger partial charge in [0.2, 0.25) is 0 Å². The van der Waals surface area contributed by atoms with Gasteiger partial charge in [-0.3, -0.25) is 0 Å². The Balaban J connectivity index is 2.50. The Morgan fingerprint density at radius 1 is 1.82 bits per heavy atom. The molecule has 1 heterocycles. The standard InChI is InChI=1S/C7H10ClNO2/c1-5(3-10)2-6-4-11-7(8)9-6/h4-5,10H,2-3H2,1H3. The molecular weight excluding hydrogens is 166 g/mol. The molecule has 1 rings (SSSR count). The maximum Gasteiger partial charge on any atom is 0.292 e. The predicted octanol–water partition coefficient (Wildman–Crippen LogP) is 1.50. The van der Waals surface area contributed by atoms with Crippen LogP contribution in [0.25, 0.3) is 0 Å². The zero-order valence-electron chi connectivity index (χ0n) is 6.25. The summed E-state index contributed by atoms with van der Waals surface area (Å²) >= 11 is 5.45. The Hall–Kier alpha value is -0.540. The summed E-state index contributed by atoms with van der Waals surface area (Å²) < 4.78 is 4.78. The van der Waals surface area contributed by atoms with Gasteiger partial charge in [0.25, 0.3) is 5.35 Å². The number of hydrogen-bond donors (Lipinski definition) is 1. The van der Waals surface area contributed by atoms with Gasteiger partial charge in [0.15, 0.2) is 0 Å². The average molecular weight is 176 g/mol. The molecule has 0 aromatic carbocycles. The fraction of sp³-hybridized carbons (Fsp3) is 0.571. The van der Waals surface area contributed by atoms with Gasteiger partial charge in [-0.15, -0.1) is 0 Å². The first kappa shape index (κ1) is 8.56. The molecule has 4 heteroatoms. The molecule has 3 nitrogen and oxygen atoms in total. The Morgan fingerprint density at radius 2 is 2.55 bits per heavy atom. The van der Waals surface area contributed by atoms with Crippen LogP contribution in [0.2, 0.25) is 5.35 Å². The lowest BCUT2D eigenvalue weighted by Gasteiger charge is -2.02. The van der Waals surface area contributed by atoms with Crippen molar-refractivity contribution in [2.24, 2.45) is 5.92 Å². The summed E-state index contributed by atoms with van der Waals surface area (Å²) in [6.07, 6.45) is 2.21. The summed E-state index contributed by atoms with van der Waals surface area (Å²) in [7, 11) is 0. The van der Waals surface area contributed by atoms with Crippen molar-refractivity contribution >= 4 is 11.6 Å². The van der Waals surface area contributed by atoms with Gasteiger partial charge in [0, 0.05) is 6.61 Å². The van der Waals surface area contributed by atoms with Crippen molar-refractivity contribution in [3.05, 3.63) is 17.3 Å². The highest BCUT2D eigenvalue weighted by Gasteiger charge is 2.05. The number of nitrogens with zero attached hydrogens (tertiary/aromatic N) is 1. The molecule has 0 aliphatic rings. The molecule has 0 saturated carbocycles. The number of rotatable bonds is 3. The molecule has 62 valence electrons. The van der Waals surface area contributed by atoms with E-state index in [4.69, 9.17) is 21.1 Å². The summed E-state index contributed by atoms with van der Waals surface area (Å²) in [5.74, 6) is 0.205. The minimum Gasteiger partial charge on any atom is -0.436 e. The van der Waals surface area contributed by atoms with Gasteiger partial charge >= 0.3 is 0 Å². The van der Waals surface area contributed by atoms with E-state index in [9.17, 15) is 0 Å². The van der Waals surface area contributed by atoms with Crippen LogP contribution >= 0.6 is 11.6 Å². The van der Waals surface area contributed by atoms with Crippen LogP contribution in [0.4, 0.5) is 0 Å². The van der Waals surface area contributed by atoms with Crippen LogP contribution in [0, 0.1) is 5.92 Å². The molecule has 0 radical (unpaired) electrons. The number of aliphatic hydroxyl groups is 1. The van der Waals surface area contributed by atoms with Gasteiger partial charge < -0.3 is 9.52 Å². The monoisotopic (exact) mass is 175 g/mol. The molecular formula is C7H10ClNO2. The number of halogens is 1. The van der Waals surface area contributed by atoms with E-state index in [1.54, 1.807) is 0 Å². The third-order valence-corrected chi connectivity index (χ3v) is 1.57. The number of hydrogen-bond acceptors (Lipinski definition) is 3. The molecule has 0 aliphatic heterocycles. The van der Waals surface area contributed by atoms with Crippen molar-refractivity contribution in [3.63, 3.8) is 0 Å². The molecule has 11 heavy (non-hydrogen) atoms. The molecule has 0 fully saturated rings. The molecule has 0 spiro atoms. The van der Waals surface area contributed by atoms with Crippen LogP contribution in [-0.4, -0.2) is 16.7 Å². The van der Waals surface area contributed by atoms with E-state index in [0.29, 0.717) is 6.42 Å². The van der Waals surface area contributed by atoms with Gasteiger partial charge in [-0.1, -0.05) is 6.92 Å². The van der Waals surface area contributed by atoms with Crippen LogP contribution in [0.3, 0.4) is 0 Å². The smallest absolute Gasteiger partial charge is 0.292 e. The van der Waals surface area contributed by atoms with Crippen LogP contribution in [-0.2, 0) is 6.42 Å². The highest BCUT2D eigenvalue weighted by Crippen LogP contribution is 2.11. The van der Waals surface area contributed by atoms with E-state index >= 15 is 0 Å². The first-order valence-electron chi connectivity index (χ1n) is 3.43. The predicted molar refractivity (Wildman–Crippen MR) is 41.5 cm³/mol. The van der Waals surface area contributed by atoms with E-state index in [1.807, 2.05) is 6.92 Å². The lowest BCUT2D eigenvalue weighted by molar-refractivity contribution is 0.236. The molecule has 0 bridgehead atoms. The summed E-state index contributed by atoms with van der Waals surface area (Å²) in [5.41, 5.74) is 0.788.